The third-order valence-electron chi connectivity index (χ3n) is 5.42. The van der Waals surface area contributed by atoms with Crippen LogP contribution in [-0.2, 0) is 33.5 Å². The summed E-state index contributed by atoms with van der Waals surface area (Å²) in [7, 11) is -2.77. The predicted octanol–water partition coefficient (Wildman–Crippen LogP) is 0.375. The van der Waals surface area contributed by atoms with Crippen molar-refractivity contribution in [3.05, 3.63) is 0 Å². The maximum Gasteiger partial charge on any atom is 0.311 e. The molecule has 3 rings (SSSR count). The molecule has 0 spiro atoms. The largest absolute Gasteiger partial charge is 0.469 e. The molecule has 128 valence electrons. The van der Waals surface area contributed by atoms with Gasteiger partial charge in [0.1, 0.15) is 0 Å². The molecule has 1 heterocycles. The zero-order chi connectivity index (χ0) is 17.0. The van der Waals surface area contributed by atoms with Crippen molar-refractivity contribution in [2.75, 3.05) is 7.11 Å². The van der Waals surface area contributed by atoms with Gasteiger partial charge in [0.15, 0.2) is 0 Å². The lowest BCUT2D eigenvalue weighted by molar-refractivity contribution is -0.163. The van der Waals surface area contributed by atoms with Crippen molar-refractivity contribution in [3.63, 3.8) is 0 Å². The van der Waals surface area contributed by atoms with Gasteiger partial charge in [-0.3, -0.25) is 14.4 Å². The van der Waals surface area contributed by atoms with E-state index in [1.165, 1.54) is 7.11 Å². The predicted molar refractivity (Wildman–Crippen MR) is 75.8 cm³/mol. The fourth-order valence-electron chi connectivity index (χ4n) is 4.17. The van der Waals surface area contributed by atoms with Crippen molar-refractivity contribution in [2.24, 2.45) is 17.3 Å². The number of fused-ring (bicyclic) bond motifs is 2. The molecule has 3 fully saturated rings. The fourth-order valence-corrected chi connectivity index (χ4v) is 5.80. The Hall–Kier alpha value is -1.48. The first-order chi connectivity index (χ1) is 10.7. The van der Waals surface area contributed by atoms with Crippen molar-refractivity contribution in [2.45, 2.75) is 44.3 Å². The summed E-state index contributed by atoms with van der Waals surface area (Å²) in [5.74, 6) is -1.94. The van der Waals surface area contributed by atoms with E-state index >= 15 is 0 Å². The van der Waals surface area contributed by atoms with Gasteiger partial charge in [-0.05, 0) is 38.0 Å². The maximum absolute atomic E-state index is 12.4. The summed E-state index contributed by atoms with van der Waals surface area (Å²) < 4.78 is 34.5. The molecule has 2 amide bonds. The first-order valence-corrected chi connectivity index (χ1v) is 9.04. The van der Waals surface area contributed by atoms with Crippen LogP contribution in [0.3, 0.4) is 0 Å². The number of hydrogen-bond donors (Lipinski definition) is 0. The van der Waals surface area contributed by atoms with Crippen molar-refractivity contribution in [1.29, 1.82) is 0 Å². The minimum Gasteiger partial charge on any atom is -0.469 e. The van der Waals surface area contributed by atoms with Gasteiger partial charge in [-0.1, -0.05) is 0 Å². The van der Waals surface area contributed by atoms with Crippen LogP contribution in [0, 0.1) is 17.3 Å². The highest BCUT2D eigenvalue weighted by molar-refractivity contribution is 7.87. The Bertz CT molecular complexity index is 657. The second-order valence-corrected chi connectivity index (χ2v) is 8.47. The number of ether oxygens (including phenoxy) is 1. The average molecular weight is 345 g/mol. The molecule has 0 aromatic carbocycles. The first-order valence-electron chi connectivity index (χ1n) is 7.56. The topological polar surface area (TPSA) is 107 Å². The smallest absolute Gasteiger partial charge is 0.311 e. The average Bonchev–Trinajstić information content (AvgIpc) is 3.15. The molecule has 1 saturated heterocycles. The zero-order valence-electron chi connectivity index (χ0n) is 13.0. The lowest BCUT2D eigenvalue weighted by Crippen LogP contribution is -2.43. The van der Waals surface area contributed by atoms with Gasteiger partial charge in [0, 0.05) is 12.8 Å². The third-order valence-corrected chi connectivity index (χ3v) is 7.10. The third kappa shape index (κ3) is 2.46. The van der Waals surface area contributed by atoms with Crippen molar-refractivity contribution in [3.8, 4) is 0 Å². The van der Waals surface area contributed by atoms with Gasteiger partial charge in [-0.2, -0.15) is 8.42 Å². The van der Waals surface area contributed by atoms with Gasteiger partial charge in [0.05, 0.1) is 17.8 Å². The number of carbonyl (C=O) groups is 3. The number of amides is 2. The fraction of sp³-hybridized carbons (Fsp3) is 0.786. The molecule has 4 atom stereocenters. The number of esters is 1. The van der Waals surface area contributed by atoms with E-state index in [1.807, 2.05) is 0 Å². The molecule has 9 heteroatoms. The molecule has 0 radical (unpaired) electrons. The highest BCUT2D eigenvalue weighted by atomic mass is 32.2. The van der Waals surface area contributed by atoms with Crippen molar-refractivity contribution >= 4 is 27.9 Å². The van der Waals surface area contributed by atoms with E-state index in [0.29, 0.717) is 17.9 Å². The van der Waals surface area contributed by atoms with Crippen LogP contribution in [0.15, 0.2) is 0 Å². The molecule has 8 nitrogen and oxygen atoms in total. The molecule has 2 bridgehead atoms. The van der Waals surface area contributed by atoms with Gasteiger partial charge in [-0.15, -0.1) is 9.35 Å². The summed E-state index contributed by atoms with van der Waals surface area (Å²) in [6.07, 6.45) is 1.20. The Labute approximate surface area is 134 Å². The van der Waals surface area contributed by atoms with Crippen LogP contribution in [0.1, 0.15) is 39.0 Å². The SMILES string of the molecule is COC(=O)C1(C)CC2CC1CC2S(=O)(=O)ON1C(=O)CCC1=O. The van der Waals surface area contributed by atoms with Crippen molar-refractivity contribution < 1.29 is 31.8 Å². The Morgan fingerprint density at radius 3 is 2.30 bits per heavy atom. The number of methoxy groups -OCH3 is 1. The maximum atomic E-state index is 12.4. The van der Waals surface area contributed by atoms with Crippen LogP contribution in [0.4, 0.5) is 0 Å². The molecule has 2 aliphatic carbocycles. The van der Waals surface area contributed by atoms with Crippen LogP contribution < -0.4 is 0 Å². The summed E-state index contributed by atoms with van der Waals surface area (Å²) in [6, 6.07) is 0. The molecule has 0 aromatic heterocycles. The normalized spacial score (nSPS) is 36.8. The van der Waals surface area contributed by atoms with E-state index in [-0.39, 0.29) is 37.1 Å². The highest BCUT2D eigenvalue weighted by Crippen LogP contribution is 2.58. The lowest BCUT2D eigenvalue weighted by atomic mass is 9.75. The number of hydrogen-bond acceptors (Lipinski definition) is 7. The number of hydroxylamine groups is 2. The molecule has 0 N–H and O–H groups in total. The number of imide groups is 1. The number of carbonyl (C=O) groups excluding carboxylic acids is 3. The Balaban J connectivity index is 1.74. The van der Waals surface area contributed by atoms with E-state index in [0.717, 1.165) is 0 Å². The van der Waals surface area contributed by atoms with Crippen molar-refractivity contribution in [1.82, 2.24) is 5.06 Å². The van der Waals surface area contributed by atoms with E-state index < -0.39 is 32.6 Å². The van der Waals surface area contributed by atoms with Crippen LogP contribution >= 0.6 is 0 Å². The standard InChI is InChI=1S/C14H19NO7S/c1-14(13(18)21-2)7-8-5-9(14)6-10(8)23(19,20)22-15-11(16)3-4-12(15)17/h8-10H,3-7H2,1-2H3. The van der Waals surface area contributed by atoms with Gasteiger partial charge < -0.3 is 4.74 Å². The molecule has 23 heavy (non-hydrogen) atoms. The van der Waals surface area contributed by atoms with Crippen LogP contribution in [0.25, 0.3) is 0 Å². The summed E-state index contributed by atoms with van der Waals surface area (Å²) in [5, 5.41) is -0.438. The Kier molecular flexibility index (Phi) is 3.75. The van der Waals surface area contributed by atoms with E-state index in [1.54, 1.807) is 6.92 Å². The zero-order valence-corrected chi connectivity index (χ0v) is 13.8. The van der Waals surface area contributed by atoms with Gasteiger partial charge in [-0.25, -0.2) is 0 Å². The Morgan fingerprint density at radius 2 is 1.83 bits per heavy atom. The molecular formula is C14H19NO7S. The van der Waals surface area contributed by atoms with Crippen LogP contribution in [0.2, 0.25) is 0 Å². The number of nitrogens with zero attached hydrogens (tertiary/aromatic N) is 1. The highest BCUT2D eigenvalue weighted by Gasteiger charge is 2.60. The van der Waals surface area contributed by atoms with Crippen LogP contribution in [-0.4, -0.2) is 43.6 Å². The summed E-state index contributed by atoms with van der Waals surface area (Å²) in [5.41, 5.74) is -0.676. The molecule has 0 aromatic rings. The summed E-state index contributed by atoms with van der Waals surface area (Å²) >= 11 is 0. The second-order valence-electron chi connectivity index (χ2n) is 6.73. The van der Waals surface area contributed by atoms with E-state index in [4.69, 9.17) is 9.02 Å². The van der Waals surface area contributed by atoms with E-state index in [2.05, 4.69) is 0 Å². The minimum atomic E-state index is -4.09. The second kappa shape index (κ2) is 5.27. The Morgan fingerprint density at radius 1 is 1.22 bits per heavy atom. The van der Waals surface area contributed by atoms with E-state index in [9.17, 15) is 22.8 Å². The molecule has 4 unspecified atom stereocenters. The first kappa shape index (κ1) is 16.4. The number of rotatable bonds is 4. The quantitative estimate of drug-likeness (QED) is 0.535. The van der Waals surface area contributed by atoms with Gasteiger partial charge in [0.25, 0.3) is 21.9 Å². The van der Waals surface area contributed by atoms with Gasteiger partial charge >= 0.3 is 5.97 Å². The lowest BCUT2D eigenvalue weighted by Gasteiger charge is -2.34. The van der Waals surface area contributed by atoms with Gasteiger partial charge in [0.2, 0.25) is 0 Å². The molecule has 1 aliphatic heterocycles. The molecule has 2 saturated carbocycles. The monoisotopic (exact) mass is 345 g/mol. The van der Waals surface area contributed by atoms with Crippen LogP contribution in [0.5, 0.6) is 0 Å². The summed E-state index contributed by atoms with van der Waals surface area (Å²) in [4.78, 5) is 35.0. The molecule has 3 aliphatic rings. The minimum absolute atomic E-state index is 0.0362. The summed E-state index contributed by atoms with van der Waals surface area (Å²) in [6.45, 7) is 1.79. The molecular weight excluding hydrogens is 326 g/mol.